The fourth-order valence-corrected chi connectivity index (χ4v) is 2.69. The lowest BCUT2D eigenvalue weighted by Gasteiger charge is -2.20. The number of hydrogen-bond donors (Lipinski definition) is 2. The number of aromatic nitrogens is 1. The van der Waals surface area contributed by atoms with E-state index in [-0.39, 0.29) is 18.1 Å². The number of aryl methyl sites for hydroxylation is 2. The molecule has 152 valence electrons. The highest BCUT2D eigenvalue weighted by molar-refractivity contribution is 5.97. The summed E-state index contributed by atoms with van der Waals surface area (Å²) in [5.41, 5.74) is 1.88. The van der Waals surface area contributed by atoms with E-state index in [4.69, 9.17) is 14.0 Å². The first-order chi connectivity index (χ1) is 13.3. The third-order valence-electron chi connectivity index (χ3n) is 4.74. The number of carboxylic acid groups (broad SMARTS) is 1. The van der Waals surface area contributed by atoms with E-state index in [0.717, 1.165) is 11.3 Å². The van der Waals surface area contributed by atoms with E-state index in [9.17, 15) is 14.7 Å². The zero-order chi connectivity index (χ0) is 20.8. The lowest BCUT2D eigenvalue weighted by Crippen LogP contribution is -2.45. The summed E-state index contributed by atoms with van der Waals surface area (Å²) in [6, 6.07) is 3.74. The van der Waals surface area contributed by atoms with Crippen LogP contribution < -0.4 is 14.8 Å². The standard InChI is InChI=1S/C20H26N2O6/c1-6-11(2)18(20(24)25)21-19(23)14-7-8-16(17(9-14)26-5)27-10-15-12(3)22-28-13(15)4/h7-9,11,18H,6,10H2,1-5H3,(H,21,23)(H,24,25)/t11-,18-/m0/s1. The molecule has 2 rings (SSSR count). The first-order valence-electron chi connectivity index (χ1n) is 9.04. The fourth-order valence-electron chi connectivity index (χ4n) is 2.69. The van der Waals surface area contributed by atoms with Crippen molar-refractivity contribution in [3.63, 3.8) is 0 Å². The van der Waals surface area contributed by atoms with Crippen LogP contribution in [-0.2, 0) is 11.4 Å². The molecule has 0 radical (unpaired) electrons. The van der Waals surface area contributed by atoms with Gasteiger partial charge in [0.1, 0.15) is 18.4 Å². The van der Waals surface area contributed by atoms with Gasteiger partial charge in [0.05, 0.1) is 18.4 Å². The highest BCUT2D eigenvalue weighted by Gasteiger charge is 2.26. The zero-order valence-corrected chi connectivity index (χ0v) is 16.7. The molecule has 1 aromatic carbocycles. The Morgan fingerprint density at radius 2 is 2.00 bits per heavy atom. The maximum absolute atomic E-state index is 12.5. The number of methoxy groups -OCH3 is 1. The van der Waals surface area contributed by atoms with Crippen LogP contribution in [0.5, 0.6) is 11.5 Å². The zero-order valence-electron chi connectivity index (χ0n) is 16.7. The predicted octanol–water partition coefficient (Wildman–Crippen LogP) is 3.11. The van der Waals surface area contributed by atoms with E-state index in [1.165, 1.54) is 13.2 Å². The smallest absolute Gasteiger partial charge is 0.326 e. The Labute approximate surface area is 163 Å². The maximum atomic E-state index is 12.5. The van der Waals surface area contributed by atoms with E-state index in [0.29, 0.717) is 23.7 Å². The molecule has 0 aliphatic rings. The van der Waals surface area contributed by atoms with Gasteiger partial charge in [0, 0.05) is 5.56 Å². The first kappa shape index (κ1) is 21.3. The summed E-state index contributed by atoms with van der Waals surface area (Å²) >= 11 is 0. The molecule has 0 bridgehead atoms. The van der Waals surface area contributed by atoms with Crippen LogP contribution in [0.1, 0.15) is 47.6 Å². The molecule has 0 unspecified atom stereocenters. The van der Waals surface area contributed by atoms with Gasteiger partial charge in [-0.15, -0.1) is 0 Å². The molecule has 2 N–H and O–H groups in total. The highest BCUT2D eigenvalue weighted by atomic mass is 16.5. The van der Waals surface area contributed by atoms with Crippen LogP contribution >= 0.6 is 0 Å². The number of hydrogen-bond acceptors (Lipinski definition) is 6. The number of ether oxygens (including phenoxy) is 2. The van der Waals surface area contributed by atoms with Crippen LogP contribution in [0.4, 0.5) is 0 Å². The van der Waals surface area contributed by atoms with Crippen molar-refractivity contribution >= 4 is 11.9 Å². The van der Waals surface area contributed by atoms with Gasteiger partial charge in [-0.2, -0.15) is 0 Å². The number of rotatable bonds is 9. The summed E-state index contributed by atoms with van der Waals surface area (Å²) in [4.78, 5) is 23.9. The molecular weight excluding hydrogens is 364 g/mol. The average Bonchev–Trinajstić information content (AvgIpc) is 3.00. The van der Waals surface area contributed by atoms with Crippen LogP contribution in [0, 0.1) is 19.8 Å². The van der Waals surface area contributed by atoms with Crippen molar-refractivity contribution in [1.29, 1.82) is 0 Å². The van der Waals surface area contributed by atoms with Crippen LogP contribution in [0.15, 0.2) is 22.7 Å². The minimum Gasteiger partial charge on any atom is -0.493 e. The number of aliphatic carboxylic acids is 1. The molecule has 1 heterocycles. The van der Waals surface area contributed by atoms with Crippen molar-refractivity contribution < 1.29 is 28.7 Å². The van der Waals surface area contributed by atoms with Crippen molar-refractivity contribution in [2.24, 2.45) is 5.92 Å². The molecule has 0 spiro atoms. The van der Waals surface area contributed by atoms with Crippen molar-refractivity contribution in [1.82, 2.24) is 10.5 Å². The largest absolute Gasteiger partial charge is 0.493 e. The van der Waals surface area contributed by atoms with Crippen LogP contribution in [0.3, 0.4) is 0 Å². The summed E-state index contributed by atoms with van der Waals surface area (Å²) in [6.45, 7) is 7.54. The second-order valence-corrected chi connectivity index (χ2v) is 6.63. The molecule has 1 amide bonds. The molecule has 2 atom stereocenters. The topological polar surface area (TPSA) is 111 Å². The Kier molecular flexibility index (Phi) is 7.03. The Bertz CT molecular complexity index is 826. The first-order valence-corrected chi connectivity index (χ1v) is 9.04. The number of nitrogens with one attached hydrogen (secondary N) is 1. The molecule has 0 aliphatic carbocycles. The van der Waals surface area contributed by atoms with Crippen molar-refractivity contribution in [3.8, 4) is 11.5 Å². The van der Waals surface area contributed by atoms with Gasteiger partial charge in [-0.1, -0.05) is 25.4 Å². The van der Waals surface area contributed by atoms with E-state index in [1.54, 1.807) is 26.0 Å². The Morgan fingerprint density at radius 3 is 2.54 bits per heavy atom. The van der Waals surface area contributed by atoms with Crippen LogP contribution in [0.25, 0.3) is 0 Å². The quantitative estimate of drug-likeness (QED) is 0.677. The Morgan fingerprint density at radius 1 is 1.29 bits per heavy atom. The Balaban J connectivity index is 2.15. The normalized spacial score (nSPS) is 12.9. The van der Waals surface area contributed by atoms with Crippen molar-refractivity contribution in [2.45, 2.75) is 46.8 Å². The monoisotopic (exact) mass is 390 g/mol. The predicted molar refractivity (Wildman–Crippen MR) is 102 cm³/mol. The van der Waals surface area contributed by atoms with Crippen molar-refractivity contribution in [3.05, 3.63) is 40.8 Å². The number of carbonyl (C=O) groups is 2. The second-order valence-electron chi connectivity index (χ2n) is 6.63. The number of benzene rings is 1. The Hall–Kier alpha value is -3.03. The highest BCUT2D eigenvalue weighted by Crippen LogP contribution is 2.29. The molecule has 8 heteroatoms. The minimum atomic E-state index is -1.06. The van der Waals surface area contributed by atoms with E-state index in [1.807, 2.05) is 13.8 Å². The number of amides is 1. The van der Waals surface area contributed by atoms with Crippen molar-refractivity contribution in [2.75, 3.05) is 7.11 Å². The van der Waals surface area contributed by atoms with Crippen LogP contribution in [0.2, 0.25) is 0 Å². The summed E-state index contributed by atoms with van der Waals surface area (Å²) in [5, 5.41) is 15.8. The van der Waals surface area contributed by atoms with Gasteiger partial charge in [-0.25, -0.2) is 4.79 Å². The lowest BCUT2D eigenvalue weighted by atomic mass is 9.99. The lowest BCUT2D eigenvalue weighted by molar-refractivity contribution is -0.140. The van der Waals surface area contributed by atoms with E-state index in [2.05, 4.69) is 10.5 Å². The van der Waals surface area contributed by atoms with Gasteiger partial charge in [0.25, 0.3) is 5.91 Å². The maximum Gasteiger partial charge on any atom is 0.326 e. The third kappa shape index (κ3) is 4.82. The molecule has 0 fully saturated rings. The molecule has 0 saturated carbocycles. The van der Waals surface area contributed by atoms with Gasteiger partial charge in [-0.3, -0.25) is 4.79 Å². The molecule has 8 nitrogen and oxygen atoms in total. The summed E-state index contributed by atoms with van der Waals surface area (Å²) in [5.74, 6) is -0.235. The minimum absolute atomic E-state index is 0.194. The second kappa shape index (κ2) is 9.25. The average molecular weight is 390 g/mol. The summed E-state index contributed by atoms with van der Waals surface area (Å²) in [6.07, 6.45) is 0.634. The van der Waals surface area contributed by atoms with Gasteiger partial charge < -0.3 is 24.4 Å². The van der Waals surface area contributed by atoms with Gasteiger partial charge in [0.15, 0.2) is 11.5 Å². The third-order valence-corrected chi connectivity index (χ3v) is 4.74. The molecule has 0 saturated heterocycles. The number of carbonyl (C=O) groups excluding carboxylic acids is 1. The molecule has 0 aliphatic heterocycles. The van der Waals surface area contributed by atoms with Gasteiger partial charge >= 0.3 is 5.97 Å². The number of carboxylic acids is 1. The number of nitrogens with zero attached hydrogens (tertiary/aromatic N) is 1. The van der Waals surface area contributed by atoms with E-state index < -0.39 is 17.9 Å². The van der Waals surface area contributed by atoms with Crippen LogP contribution in [-0.4, -0.2) is 35.3 Å². The fraction of sp³-hybridized carbons (Fsp3) is 0.450. The summed E-state index contributed by atoms with van der Waals surface area (Å²) in [7, 11) is 1.47. The van der Waals surface area contributed by atoms with Gasteiger partial charge in [0.2, 0.25) is 0 Å². The molecule has 1 aromatic heterocycles. The SMILES string of the molecule is CC[C@H](C)[C@H](NC(=O)c1ccc(OCc2c(C)noc2C)c(OC)c1)C(=O)O. The molecule has 2 aromatic rings. The van der Waals surface area contributed by atoms with Gasteiger partial charge in [-0.05, 0) is 38.0 Å². The van der Waals surface area contributed by atoms with E-state index >= 15 is 0 Å². The molecule has 28 heavy (non-hydrogen) atoms. The molecular formula is C20H26N2O6. The summed E-state index contributed by atoms with van der Waals surface area (Å²) < 4.78 is 16.2.